The summed E-state index contributed by atoms with van der Waals surface area (Å²) in [6.07, 6.45) is 4.02. The van der Waals surface area contributed by atoms with Crippen LogP contribution in [0.25, 0.3) is 0 Å². The fraction of sp³-hybridized carbons (Fsp3) is 0.700. The molecule has 0 aromatic heterocycles. The van der Waals surface area contributed by atoms with Gasteiger partial charge in [-0.2, -0.15) is 0 Å². The predicted molar refractivity (Wildman–Crippen MR) is 105 cm³/mol. The van der Waals surface area contributed by atoms with Crippen LogP contribution in [0.4, 0.5) is 0 Å². The van der Waals surface area contributed by atoms with Crippen molar-refractivity contribution < 1.29 is 33.4 Å². The second kappa shape index (κ2) is 13.1. The van der Waals surface area contributed by atoms with E-state index in [9.17, 15) is 19.2 Å². The number of nitrogens with one attached hydrogen (secondary N) is 1. The topological polar surface area (TPSA) is 111 Å². The first-order chi connectivity index (χ1) is 13.7. The summed E-state index contributed by atoms with van der Waals surface area (Å²) in [5.74, 6) is -1.06. The van der Waals surface area contributed by atoms with Crippen LogP contribution in [0.2, 0.25) is 0 Å². The van der Waals surface area contributed by atoms with E-state index in [1.807, 2.05) is 20.8 Å². The van der Waals surface area contributed by atoms with Gasteiger partial charge < -0.3 is 19.5 Å². The van der Waals surface area contributed by atoms with Gasteiger partial charge in [0.05, 0.1) is 19.8 Å². The minimum atomic E-state index is -0.468. The van der Waals surface area contributed by atoms with Crippen molar-refractivity contribution in [1.29, 1.82) is 0 Å². The lowest BCUT2D eigenvalue weighted by molar-refractivity contribution is -0.155. The highest BCUT2D eigenvalue weighted by molar-refractivity contribution is 6.12. The highest BCUT2D eigenvalue weighted by Crippen LogP contribution is 2.09. The van der Waals surface area contributed by atoms with Crippen LogP contribution in [0.15, 0.2) is 12.2 Å². The number of amides is 3. The lowest BCUT2D eigenvalue weighted by Gasteiger charge is -2.19. The standard InChI is InChI=1S/C20H32N2O7/c1-20(2,3)29-19(26)7-5-12-27-14-15-28-13-10-21-16(23)6-4-11-22-17(24)8-9-18(22)25/h8-9H,4-7,10-15H2,1-3H3,(H,21,23). The maximum atomic E-state index is 11.7. The number of esters is 1. The second-order valence-electron chi connectivity index (χ2n) is 7.53. The van der Waals surface area contributed by atoms with E-state index in [1.54, 1.807) is 0 Å². The van der Waals surface area contributed by atoms with Crippen molar-refractivity contribution in [3.63, 3.8) is 0 Å². The largest absolute Gasteiger partial charge is 0.460 e. The van der Waals surface area contributed by atoms with Crippen molar-refractivity contribution in [2.45, 2.75) is 52.1 Å². The molecule has 29 heavy (non-hydrogen) atoms. The van der Waals surface area contributed by atoms with Crippen molar-refractivity contribution in [2.75, 3.05) is 39.5 Å². The van der Waals surface area contributed by atoms with Crippen LogP contribution in [-0.4, -0.2) is 73.7 Å². The summed E-state index contributed by atoms with van der Waals surface area (Å²) in [6.45, 7) is 7.73. The third kappa shape index (κ3) is 12.0. The Balaban J connectivity index is 1.88. The molecule has 1 heterocycles. The van der Waals surface area contributed by atoms with E-state index in [0.717, 1.165) is 4.90 Å². The van der Waals surface area contributed by atoms with Crippen molar-refractivity contribution in [1.82, 2.24) is 10.2 Å². The summed E-state index contributed by atoms with van der Waals surface area (Å²) in [5, 5.41) is 2.71. The monoisotopic (exact) mass is 412 g/mol. The third-order valence-electron chi connectivity index (χ3n) is 3.72. The Morgan fingerprint density at radius 3 is 2.17 bits per heavy atom. The maximum absolute atomic E-state index is 11.7. The first kappa shape index (κ1) is 24.8. The Kier molecular flexibility index (Phi) is 11.2. The van der Waals surface area contributed by atoms with E-state index in [-0.39, 0.29) is 36.7 Å². The Hall–Kier alpha value is -2.26. The molecule has 0 spiro atoms. The molecule has 1 N–H and O–H groups in total. The van der Waals surface area contributed by atoms with Crippen LogP contribution in [0, 0.1) is 0 Å². The molecule has 3 amide bonds. The van der Waals surface area contributed by atoms with Crippen LogP contribution in [0.5, 0.6) is 0 Å². The van der Waals surface area contributed by atoms with Crippen LogP contribution in [0.3, 0.4) is 0 Å². The van der Waals surface area contributed by atoms with Gasteiger partial charge in [-0.05, 0) is 33.6 Å². The summed E-state index contributed by atoms with van der Waals surface area (Å²) in [4.78, 5) is 47.1. The van der Waals surface area contributed by atoms with E-state index < -0.39 is 5.60 Å². The summed E-state index contributed by atoms with van der Waals surface area (Å²) in [6, 6.07) is 0. The highest BCUT2D eigenvalue weighted by atomic mass is 16.6. The summed E-state index contributed by atoms with van der Waals surface area (Å²) >= 11 is 0. The first-order valence-electron chi connectivity index (χ1n) is 9.86. The lowest BCUT2D eigenvalue weighted by Crippen LogP contribution is -2.32. The van der Waals surface area contributed by atoms with Gasteiger partial charge in [0, 0.05) is 44.7 Å². The molecule has 9 nitrogen and oxygen atoms in total. The Labute approximate surface area is 171 Å². The smallest absolute Gasteiger partial charge is 0.306 e. The minimum Gasteiger partial charge on any atom is -0.460 e. The van der Waals surface area contributed by atoms with Crippen molar-refractivity contribution in [3.8, 4) is 0 Å². The van der Waals surface area contributed by atoms with Gasteiger partial charge in [-0.25, -0.2) is 0 Å². The zero-order valence-corrected chi connectivity index (χ0v) is 17.5. The van der Waals surface area contributed by atoms with Crippen molar-refractivity contribution in [3.05, 3.63) is 12.2 Å². The van der Waals surface area contributed by atoms with Gasteiger partial charge in [0.25, 0.3) is 11.8 Å². The highest BCUT2D eigenvalue weighted by Gasteiger charge is 2.22. The van der Waals surface area contributed by atoms with Gasteiger partial charge in [0.2, 0.25) is 5.91 Å². The van der Waals surface area contributed by atoms with Crippen molar-refractivity contribution in [2.24, 2.45) is 0 Å². The summed E-state index contributed by atoms with van der Waals surface area (Å²) < 4.78 is 15.9. The number of rotatable bonds is 14. The second-order valence-corrected chi connectivity index (χ2v) is 7.53. The van der Waals surface area contributed by atoms with Gasteiger partial charge >= 0.3 is 5.97 Å². The van der Waals surface area contributed by atoms with E-state index in [4.69, 9.17) is 14.2 Å². The normalized spacial score (nSPS) is 13.8. The predicted octanol–water partition coefficient (Wildman–Crippen LogP) is 0.963. The van der Waals surface area contributed by atoms with Crippen LogP contribution in [-0.2, 0) is 33.4 Å². The molecule has 0 fully saturated rings. The molecule has 164 valence electrons. The van der Waals surface area contributed by atoms with E-state index in [1.165, 1.54) is 12.2 Å². The van der Waals surface area contributed by atoms with Crippen LogP contribution < -0.4 is 5.32 Å². The molecule has 0 saturated heterocycles. The molecule has 1 aliphatic heterocycles. The van der Waals surface area contributed by atoms with Gasteiger partial charge in [-0.15, -0.1) is 0 Å². The number of imide groups is 1. The SMILES string of the molecule is CC(C)(C)OC(=O)CCCOCCOCCNC(=O)CCCN1C(=O)C=CC1=O. The van der Waals surface area contributed by atoms with E-state index in [0.29, 0.717) is 52.2 Å². The molecule has 0 atom stereocenters. The van der Waals surface area contributed by atoms with Crippen LogP contribution >= 0.6 is 0 Å². The van der Waals surface area contributed by atoms with Gasteiger partial charge in [0.1, 0.15) is 5.60 Å². The number of nitrogens with zero attached hydrogens (tertiary/aromatic N) is 1. The number of carbonyl (C=O) groups is 4. The molecule has 0 saturated carbocycles. The number of carbonyl (C=O) groups excluding carboxylic acids is 4. The lowest BCUT2D eigenvalue weighted by atomic mass is 10.2. The molecule has 0 aromatic carbocycles. The Morgan fingerprint density at radius 1 is 0.931 bits per heavy atom. The zero-order valence-electron chi connectivity index (χ0n) is 17.5. The summed E-state index contributed by atoms with van der Waals surface area (Å²) in [7, 11) is 0. The van der Waals surface area contributed by atoms with Crippen LogP contribution in [0.1, 0.15) is 46.5 Å². The van der Waals surface area contributed by atoms with Crippen molar-refractivity contribution >= 4 is 23.7 Å². The molecule has 0 aliphatic carbocycles. The molecule has 0 radical (unpaired) electrons. The summed E-state index contributed by atoms with van der Waals surface area (Å²) in [5.41, 5.74) is -0.468. The first-order valence-corrected chi connectivity index (χ1v) is 9.86. The van der Waals surface area contributed by atoms with Gasteiger partial charge in [-0.1, -0.05) is 0 Å². The molecule has 0 unspecified atom stereocenters. The van der Waals surface area contributed by atoms with Gasteiger partial charge in [0.15, 0.2) is 0 Å². The van der Waals surface area contributed by atoms with Gasteiger partial charge in [-0.3, -0.25) is 24.1 Å². The maximum Gasteiger partial charge on any atom is 0.306 e. The number of hydrogen-bond donors (Lipinski definition) is 1. The third-order valence-corrected chi connectivity index (χ3v) is 3.72. The fourth-order valence-corrected chi connectivity index (χ4v) is 2.43. The molecular weight excluding hydrogens is 380 g/mol. The fourth-order valence-electron chi connectivity index (χ4n) is 2.43. The van der Waals surface area contributed by atoms with E-state index >= 15 is 0 Å². The number of ether oxygens (including phenoxy) is 3. The molecule has 9 heteroatoms. The molecular formula is C20H32N2O7. The zero-order chi connectivity index (χ0) is 21.7. The average Bonchev–Trinajstić information content (AvgIpc) is 2.93. The molecule has 0 aromatic rings. The van der Waals surface area contributed by atoms with E-state index in [2.05, 4.69) is 5.32 Å². The average molecular weight is 412 g/mol. The molecule has 1 aliphatic rings. The molecule has 1 rings (SSSR count). The number of hydrogen-bond acceptors (Lipinski definition) is 7. The minimum absolute atomic E-state index is 0.154. The quantitative estimate of drug-likeness (QED) is 0.257. The molecule has 0 bridgehead atoms. The Morgan fingerprint density at radius 2 is 1.55 bits per heavy atom. The Bertz CT molecular complexity index is 578.